The first-order valence-electron chi connectivity index (χ1n) is 16.5. The minimum absolute atomic E-state index is 0.0586. The van der Waals surface area contributed by atoms with Gasteiger partial charge in [-0.15, -0.1) is 10.2 Å². The van der Waals surface area contributed by atoms with E-state index in [1.807, 2.05) is 20.8 Å². The van der Waals surface area contributed by atoms with Gasteiger partial charge in [-0.25, -0.2) is 14.2 Å². The highest BCUT2D eigenvalue weighted by molar-refractivity contribution is 5.97. The van der Waals surface area contributed by atoms with Crippen LogP contribution in [0.5, 0.6) is 11.6 Å². The van der Waals surface area contributed by atoms with Gasteiger partial charge in [-0.1, -0.05) is 34.6 Å². The van der Waals surface area contributed by atoms with E-state index in [-0.39, 0.29) is 46.1 Å². The monoisotopic (exact) mass is 641 g/mol. The number of rotatable bonds is 13. The number of aromatic nitrogens is 3. The predicted molar refractivity (Wildman–Crippen MR) is 175 cm³/mol. The molecule has 4 rings (SSSR count). The number of carbonyl (C=O) groups is 2. The number of amides is 2. The third-order valence-corrected chi connectivity index (χ3v) is 9.42. The predicted octanol–water partition coefficient (Wildman–Crippen LogP) is 5.89. The lowest BCUT2D eigenvalue weighted by Crippen LogP contribution is -2.61. The number of hydrogen-bond donors (Lipinski definition) is 1. The van der Waals surface area contributed by atoms with Crippen molar-refractivity contribution in [1.82, 2.24) is 25.0 Å². The standard InChI is InChI=1S/C34H52FN7O4/c1-9-42(23(4)5)31(43)25-17-24(35)13-14-27(25)45-30-29(37-21-38-39-30)40-16-15-34(18-40)19-41(20-34)26(22(2)3)11-10-12-28(33(6,7)8)46-32(36)44/h13-14,17,21-23,26,28H,9-12,15-16,18-20H2,1-8H3,(H2,36,44). The third kappa shape index (κ3) is 8.24. The molecule has 2 amide bonds. The summed E-state index contributed by atoms with van der Waals surface area (Å²) in [4.78, 5) is 35.8. The second-order valence-electron chi connectivity index (χ2n) is 14.6. The molecule has 11 nitrogen and oxygen atoms in total. The first-order valence-corrected chi connectivity index (χ1v) is 16.5. The molecule has 2 atom stereocenters. The van der Waals surface area contributed by atoms with Crippen LogP contribution >= 0.6 is 0 Å². The second kappa shape index (κ2) is 14.5. The summed E-state index contributed by atoms with van der Waals surface area (Å²) < 4.78 is 25.9. The number of benzene rings is 1. The van der Waals surface area contributed by atoms with Gasteiger partial charge in [0.25, 0.3) is 11.8 Å². The Bertz CT molecular complexity index is 1360. The van der Waals surface area contributed by atoms with Crippen molar-refractivity contribution >= 4 is 17.8 Å². The van der Waals surface area contributed by atoms with E-state index < -0.39 is 11.9 Å². The van der Waals surface area contributed by atoms with Gasteiger partial charge in [0, 0.05) is 50.2 Å². The van der Waals surface area contributed by atoms with Gasteiger partial charge in [-0.2, -0.15) is 0 Å². The van der Waals surface area contributed by atoms with Gasteiger partial charge < -0.3 is 25.0 Å². The molecule has 2 saturated heterocycles. The largest absolute Gasteiger partial charge is 0.446 e. The lowest BCUT2D eigenvalue weighted by atomic mass is 9.76. The van der Waals surface area contributed by atoms with Crippen LogP contribution in [0.4, 0.5) is 15.0 Å². The summed E-state index contributed by atoms with van der Waals surface area (Å²) >= 11 is 0. The molecular formula is C34H52FN7O4. The number of likely N-dealkylation sites (tertiary alicyclic amines) is 1. The lowest BCUT2D eigenvalue weighted by molar-refractivity contribution is -0.0363. The highest BCUT2D eigenvalue weighted by Crippen LogP contribution is 2.45. The zero-order chi connectivity index (χ0) is 33.8. The topological polar surface area (TPSA) is 127 Å². The number of nitrogens with two attached hydrogens (primary N) is 1. The average Bonchev–Trinajstić information content (AvgIpc) is 3.40. The van der Waals surface area contributed by atoms with Crippen LogP contribution < -0.4 is 15.4 Å². The molecule has 254 valence electrons. The minimum atomic E-state index is -0.718. The maximum atomic E-state index is 14.3. The number of carbonyl (C=O) groups excluding carboxylic acids is 2. The summed E-state index contributed by atoms with van der Waals surface area (Å²) in [7, 11) is 0. The van der Waals surface area contributed by atoms with E-state index in [4.69, 9.17) is 15.2 Å². The highest BCUT2D eigenvalue weighted by Gasteiger charge is 2.50. The van der Waals surface area contributed by atoms with Gasteiger partial charge in [0.2, 0.25) is 0 Å². The Morgan fingerprint density at radius 1 is 1.13 bits per heavy atom. The van der Waals surface area contributed by atoms with Crippen LogP contribution in [0.15, 0.2) is 24.5 Å². The summed E-state index contributed by atoms with van der Waals surface area (Å²) in [5, 5.41) is 8.19. The number of nitrogens with zero attached hydrogens (tertiary/aromatic N) is 6. The number of anilines is 1. The van der Waals surface area contributed by atoms with Crippen LogP contribution in [0, 0.1) is 22.6 Å². The van der Waals surface area contributed by atoms with Crippen LogP contribution in [0.1, 0.15) is 91.4 Å². The van der Waals surface area contributed by atoms with Crippen molar-refractivity contribution in [3.05, 3.63) is 35.9 Å². The van der Waals surface area contributed by atoms with Gasteiger partial charge in [0.05, 0.1) is 5.56 Å². The van der Waals surface area contributed by atoms with Gasteiger partial charge in [-0.3, -0.25) is 9.69 Å². The van der Waals surface area contributed by atoms with Crippen molar-refractivity contribution in [3.63, 3.8) is 0 Å². The maximum absolute atomic E-state index is 14.3. The van der Waals surface area contributed by atoms with Crippen molar-refractivity contribution < 1.29 is 23.5 Å². The van der Waals surface area contributed by atoms with Gasteiger partial charge in [-0.05, 0) is 76.0 Å². The van der Waals surface area contributed by atoms with E-state index in [0.717, 1.165) is 51.9 Å². The summed E-state index contributed by atoms with van der Waals surface area (Å²) in [6, 6.07) is 4.31. The number of hydrogen-bond acceptors (Lipinski definition) is 9. The minimum Gasteiger partial charge on any atom is -0.446 e. The van der Waals surface area contributed by atoms with E-state index in [0.29, 0.717) is 24.3 Å². The summed E-state index contributed by atoms with van der Waals surface area (Å²) in [6.45, 7) is 20.5. The fourth-order valence-corrected chi connectivity index (χ4v) is 6.98. The Hall–Kier alpha value is -3.54. The maximum Gasteiger partial charge on any atom is 0.404 e. The van der Waals surface area contributed by atoms with Gasteiger partial charge in [0.15, 0.2) is 5.82 Å². The first-order chi connectivity index (χ1) is 21.6. The molecule has 0 aliphatic carbocycles. The SMILES string of the molecule is CCN(C(=O)c1cc(F)ccc1Oc1nncnc1N1CCC2(C1)CN(C(CCCC(OC(N)=O)C(C)(C)C)C(C)C)C2)C(C)C. The number of primary amides is 1. The molecule has 0 saturated carbocycles. The molecule has 2 aromatic rings. The Kier molecular flexibility index (Phi) is 11.1. The van der Waals surface area contributed by atoms with Crippen LogP contribution in [-0.4, -0.2) is 87.9 Å². The molecule has 2 unspecified atom stereocenters. The summed E-state index contributed by atoms with van der Waals surface area (Å²) in [6.07, 6.45) is 4.22. The molecule has 12 heteroatoms. The second-order valence-corrected chi connectivity index (χ2v) is 14.6. The molecule has 2 aliphatic heterocycles. The van der Waals surface area contributed by atoms with Crippen molar-refractivity contribution in [3.8, 4) is 11.6 Å². The fraction of sp³-hybridized carbons (Fsp3) is 0.676. The zero-order valence-electron chi connectivity index (χ0n) is 28.8. The summed E-state index contributed by atoms with van der Waals surface area (Å²) in [5.41, 5.74) is 5.44. The smallest absolute Gasteiger partial charge is 0.404 e. The number of halogens is 1. The van der Waals surface area contributed by atoms with Crippen LogP contribution in [0.25, 0.3) is 0 Å². The van der Waals surface area contributed by atoms with E-state index in [1.54, 1.807) is 4.90 Å². The van der Waals surface area contributed by atoms with E-state index >= 15 is 0 Å². The molecule has 46 heavy (non-hydrogen) atoms. The van der Waals surface area contributed by atoms with E-state index in [9.17, 15) is 14.0 Å². The third-order valence-electron chi connectivity index (χ3n) is 9.42. The first kappa shape index (κ1) is 35.3. The molecule has 0 radical (unpaired) electrons. The van der Waals surface area contributed by atoms with Crippen molar-refractivity contribution in [1.29, 1.82) is 0 Å². The van der Waals surface area contributed by atoms with E-state index in [1.165, 1.54) is 24.5 Å². The van der Waals surface area contributed by atoms with Crippen LogP contribution in [-0.2, 0) is 4.74 Å². The van der Waals surface area contributed by atoms with Crippen LogP contribution in [0.2, 0.25) is 0 Å². The fourth-order valence-electron chi connectivity index (χ4n) is 6.98. The van der Waals surface area contributed by atoms with Crippen molar-refractivity contribution in [2.75, 3.05) is 37.6 Å². The molecule has 0 bridgehead atoms. The number of ether oxygens (including phenoxy) is 2. The molecule has 2 aliphatic rings. The molecular weight excluding hydrogens is 589 g/mol. The highest BCUT2D eigenvalue weighted by atomic mass is 19.1. The normalized spacial score (nSPS) is 17.7. The van der Waals surface area contributed by atoms with Gasteiger partial charge in [0.1, 0.15) is 24.0 Å². The van der Waals surface area contributed by atoms with Gasteiger partial charge >= 0.3 is 6.09 Å². The molecule has 1 aromatic carbocycles. The van der Waals surface area contributed by atoms with Crippen molar-refractivity contribution in [2.45, 2.75) is 99.3 Å². The summed E-state index contributed by atoms with van der Waals surface area (Å²) in [5.74, 6) is 0.624. The average molecular weight is 642 g/mol. The Morgan fingerprint density at radius 3 is 2.46 bits per heavy atom. The van der Waals surface area contributed by atoms with E-state index in [2.05, 4.69) is 59.6 Å². The van der Waals surface area contributed by atoms with Crippen molar-refractivity contribution in [2.24, 2.45) is 22.5 Å². The molecule has 1 spiro atoms. The Balaban J connectivity index is 1.42. The molecule has 3 heterocycles. The quantitative estimate of drug-likeness (QED) is 0.285. The zero-order valence-corrected chi connectivity index (χ0v) is 28.8. The Labute approximate surface area is 273 Å². The van der Waals surface area contributed by atoms with Crippen LogP contribution in [0.3, 0.4) is 0 Å². The molecule has 2 fully saturated rings. The Morgan fingerprint density at radius 2 is 1.85 bits per heavy atom. The lowest BCUT2D eigenvalue weighted by Gasteiger charge is -2.53. The molecule has 2 N–H and O–H groups in total. The molecule has 1 aromatic heterocycles.